The highest BCUT2D eigenvalue weighted by molar-refractivity contribution is 4.82. The zero-order chi connectivity index (χ0) is 8.32. The molecule has 0 bridgehead atoms. The Morgan fingerprint density at radius 3 is 2.45 bits per heavy atom. The maximum atomic E-state index is 9.59. The summed E-state index contributed by atoms with van der Waals surface area (Å²) in [4.78, 5) is 0. The molecule has 1 aliphatic rings. The molecule has 0 spiro atoms. The van der Waals surface area contributed by atoms with Crippen LogP contribution in [0.25, 0.3) is 0 Å². The van der Waals surface area contributed by atoms with Crippen LogP contribution in [0.3, 0.4) is 0 Å². The number of rotatable bonds is 3. The Hall–Kier alpha value is -0.0800. The molecule has 1 saturated carbocycles. The third-order valence-electron chi connectivity index (χ3n) is 2.67. The van der Waals surface area contributed by atoms with Crippen LogP contribution in [-0.2, 0) is 4.74 Å². The Balaban J connectivity index is 2.42. The molecule has 1 atom stereocenters. The molecule has 0 aromatic heterocycles. The van der Waals surface area contributed by atoms with Gasteiger partial charge in [-0.1, -0.05) is 19.8 Å². The molecule has 0 aromatic rings. The van der Waals surface area contributed by atoms with Gasteiger partial charge in [-0.2, -0.15) is 0 Å². The number of aliphatic hydroxyl groups is 1. The van der Waals surface area contributed by atoms with Crippen molar-refractivity contribution in [2.45, 2.75) is 45.8 Å². The molecule has 11 heavy (non-hydrogen) atoms. The first-order valence-electron chi connectivity index (χ1n) is 4.49. The van der Waals surface area contributed by atoms with Gasteiger partial charge in [0.25, 0.3) is 0 Å². The van der Waals surface area contributed by atoms with Crippen LogP contribution < -0.4 is 0 Å². The summed E-state index contributed by atoms with van der Waals surface area (Å²) in [5.74, 6) is 0. The molecule has 0 saturated heterocycles. The van der Waals surface area contributed by atoms with Crippen molar-refractivity contribution in [3.63, 3.8) is 0 Å². The van der Waals surface area contributed by atoms with Crippen molar-refractivity contribution in [3.8, 4) is 0 Å². The lowest BCUT2D eigenvalue weighted by atomic mass is 9.88. The number of ether oxygens (including phenoxy) is 1. The van der Waals surface area contributed by atoms with E-state index in [9.17, 15) is 5.11 Å². The molecule has 0 aliphatic heterocycles. The van der Waals surface area contributed by atoms with E-state index in [0.29, 0.717) is 6.61 Å². The first-order chi connectivity index (χ1) is 5.19. The van der Waals surface area contributed by atoms with Gasteiger partial charge in [0.2, 0.25) is 0 Å². The van der Waals surface area contributed by atoms with Crippen molar-refractivity contribution < 1.29 is 9.84 Å². The van der Waals surface area contributed by atoms with E-state index in [1.54, 1.807) is 0 Å². The summed E-state index contributed by atoms with van der Waals surface area (Å²) >= 11 is 0. The number of hydrogen-bond donors (Lipinski definition) is 1. The quantitative estimate of drug-likeness (QED) is 0.636. The van der Waals surface area contributed by atoms with Crippen LogP contribution in [0.4, 0.5) is 0 Å². The van der Waals surface area contributed by atoms with Crippen LogP contribution in [0.1, 0.15) is 39.5 Å². The van der Waals surface area contributed by atoms with E-state index in [-0.39, 0.29) is 5.41 Å². The fraction of sp³-hybridized carbons (Fsp3) is 1.00. The lowest BCUT2D eigenvalue weighted by molar-refractivity contribution is -0.165. The summed E-state index contributed by atoms with van der Waals surface area (Å²) in [6.45, 7) is 4.64. The SMILES string of the molecule is CCOC(O)C1(C)CCCC1. The zero-order valence-corrected chi connectivity index (χ0v) is 7.47. The largest absolute Gasteiger partial charge is 0.367 e. The van der Waals surface area contributed by atoms with Crippen molar-refractivity contribution in [2.75, 3.05) is 6.61 Å². The molecule has 2 nitrogen and oxygen atoms in total. The predicted molar refractivity (Wildman–Crippen MR) is 44.2 cm³/mol. The second kappa shape index (κ2) is 3.55. The topological polar surface area (TPSA) is 29.5 Å². The third-order valence-corrected chi connectivity index (χ3v) is 2.67. The Bertz CT molecular complexity index is 117. The standard InChI is InChI=1S/C9H18O2/c1-3-11-8(10)9(2)6-4-5-7-9/h8,10H,3-7H2,1-2H3. The van der Waals surface area contributed by atoms with Gasteiger partial charge in [-0.3, -0.25) is 0 Å². The summed E-state index contributed by atoms with van der Waals surface area (Å²) in [6, 6.07) is 0. The highest BCUT2D eigenvalue weighted by Crippen LogP contribution is 2.40. The maximum Gasteiger partial charge on any atom is 0.159 e. The summed E-state index contributed by atoms with van der Waals surface area (Å²) in [5, 5.41) is 9.59. The molecule has 1 fully saturated rings. The summed E-state index contributed by atoms with van der Waals surface area (Å²) in [6.07, 6.45) is 4.14. The Kier molecular flexibility index (Phi) is 2.90. The Morgan fingerprint density at radius 1 is 1.45 bits per heavy atom. The van der Waals surface area contributed by atoms with Crippen LogP contribution in [-0.4, -0.2) is 18.0 Å². The molecular weight excluding hydrogens is 140 g/mol. The monoisotopic (exact) mass is 158 g/mol. The van der Waals surface area contributed by atoms with Crippen molar-refractivity contribution in [3.05, 3.63) is 0 Å². The van der Waals surface area contributed by atoms with E-state index in [1.165, 1.54) is 12.8 Å². The predicted octanol–water partition coefficient (Wildman–Crippen LogP) is 1.92. The number of hydrogen-bond acceptors (Lipinski definition) is 2. The van der Waals surface area contributed by atoms with E-state index in [1.807, 2.05) is 6.92 Å². The highest BCUT2D eigenvalue weighted by atomic mass is 16.6. The van der Waals surface area contributed by atoms with Crippen LogP contribution >= 0.6 is 0 Å². The van der Waals surface area contributed by atoms with Gasteiger partial charge in [0.1, 0.15) is 0 Å². The van der Waals surface area contributed by atoms with E-state index < -0.39 is 6.29 Å². The average Bonchev–Trinajstić information content (AvgIpc) is 2.38. The molecule has 1 unspecified atom stereocenters. The highest BCUT2D eigenvalue weighted by Gasteiger charge is 2.36. The normalized spacial score (nSPS) is 25.4. The van der Waals surface area contributed by atoms with Crippen LogP contribution in [0.5, 0.6) is 0 Å². The molecule has 1 aliphatic carbocycles. The minimum absolute atomic E-state index is 0.0377. The minimum Gasteiger partial charge on any atom is -0.367 e. The number of aliphatic hydroxyl groups excluding tert-OH is 1. The van der Waals surface area contributed by atoms with Crippen LogP contribution in [0.15, 0.2) is 0 Å². The summed E-state index contributed by atoms with van der Waals surface area (Å²) in [5.41, 5.74) is 0.0377. The van der Waals surface area contributed by atoms with Crippen molar-refractivity contribution in [2.24, 2.45) is 5.41 Å². The molecule has 0 radical (unpaired) electrons. The first kappa shape index (κ1) is 9.01. The minimum atomic E-state index is -0.546. The lowest BCUT2D eigenvalue weighted by Crippen LogP contribution is -2.31. The molecule has 0 aromatic carbocycles. The molecule has 66 valence electrons. The Morgan fingerprint density at radius 2 is 2.00 bits per heavy atom. The fourth-order valence-electron chi connectivity index (χ4n) is 1.79. The van der Waals surface area contributed by atoms with Gasteiger partial charge >= 0.3 is 0 Å². The van der Waals surface area contributed by atoms with Crippen molar-refractivity contribution >= 4 is 0 Å². The van der Waals surface area contributed by atoms with Gasteiger partial charge in [0.15, 0.2) is 6.29 Å². The zero-order valence-electron chi connectivity index (χ0n) is 7.47. The van der Waals surface area contributed by atoms with Gasteiger partial charge in [0.05, 0.1) is 0 Å². The Labute approximate surface area is 68.6 Å². The van der Waals surface area contributed by atoms with E-state index in [0.717, 1.165) is 12.8 Å². The molecule has 1 N–H and O–H groups in total. The van der Waals surface area contributed by atoms with Gasteiger partial charge in [-0.05, 0) is 19.8 Å². The third kappa shape index (κ3) is 1.94. The van der Waals surface area contributed by atoms with Crippen molar-refractivity contribution in [1.29, 1.82) is 0 Å². The molecule has 0 amide bonds. The van der Waals surface area contributed by atoms with Crippen LogP contribution in [0, 0.1) is 5.41 Å². The second-order valence-corrected chi connectivity index (χ2v) is 3.67. The van der Waals surface area contributed by atoms with E-state index in [4.69, 9.17) is 4.74 Å². The van der Waals surface area contributed by atoms with Gasteiger partial charge < -0.3 is 9.84 Å². The van der Waals surface area contributed by atoms with Gasteiger partial charge in [-0.25, -0.2) is 0 Å². The fourth-order valence-corrected chi connectivity index (χ4v) is 1.79. The van der Waals surface area contributed by atoms with Gasteiger partial charge in [0, 0.05) is 12.0 Å². The van der Waals surface area contributed by atoms with Crippen LogP contribution in [0.2, 0.25) is 0 Å². The van der Waals surface area contributed by atoms with Crippen molar-refractivity contribution in [1.82, 2.24) is 0 Å². The lowest BCUT2D eigenvalue weighted by Gasteiger charge is -2.29. The van der Waals surface area contributed by atoms with E-state index in [2.05, 4.69) is 6.92 Å². The molecular formula is C9H18O2. The average molecular weight is 158 g/mol. The maximum absolute atomic E-state index is 9.59. The van der Waals surface area contributed by atoms with E-state index >= 15 is 0 Å². The molecule has 1 rings (SSSR count). The second-order valence-electron chi connectivity index (χ2n) is 3.67. The van der Waals surface area contributed by atoms with Gasteiger partial charge in [-0.15, -0.1) is 0 Å². The molecule has 2 heteroatoms. The first-order valence-corrected chi connectivity index (χ1v) is 4.49. The molecule has 0 heterocycles. The smallest absolute Gasteiger partial charge is 0.159 e. The summed E-state index contributed by atoms with van der Waals surface area (Å²) < 4.78 is 5.18. The summed E-state index contributed by atoms with van der Waals surface area (Å²) in [7, 11) is 0.